The van der Waals surface area contributed by atoms with Gasteiger partial charge in [0.2, 0.25) is 0 Å². The van der Waals surface area contributed by atoms with E-state index >= 15 is 0 Å². The van der Waals surface area contributed by atoms with Crippen molar-refractivity contribution in [2.24, 2.45) is 11.8 Å². The largest absolute Gasteiger partial charge is 0.417 e. The highest BCUT2D eigenvalue weighted by molar-refractivity contribution is 5.96. The van der Waals surface area contributed by atoms with Crippen molar-refractivity contribution in [1.82, 2.24) is 5.32 Å². The molecule has 2 fully saturated rings. The zero-order chi connectivity index (χ0) is 16.6. The summed E-state index contributed by atoms with van der Waals surface area (Å²) in [5.74, 6) is -0.568. The van der Waals surface area contributed by atoms with Crippen molar-refractivity contribution in [3.8, 4) is 0 Å². The van der Waals surface area contributed by atoms with Crippen molar-refractivity contribution in [3.05, 3.63) is 35.4 Å². The minimum absolute atomic E-state index is 0.0190. The average Bonchev–Trinajstić information content (AvgIpc) is 2.93. The Morgan fingerprint density at radius 3 is 2.83 bits per heavy atom. The van der Waals surface area contributed by atoms with Gasteiger partial charge in [-0.3, -0.25) is 4.79 Å². The predicted molar refractivity (Wildman–Crippen MR) is 75.9 cm³/mol. The molecule has 3 rings (SSSR count). The molecule has 7 heteroatoms. The van der Waals surface area contributed by atoms with Crippen LogP contribution in [-0.4, -0.2) is 38.4 Å². The number of amides is 1. The first-order valence-corrected chi connectivity index (χ1v) is 7.51. The Kier molecular flexibility index (Phi) is 4.33. The van der Waals surface area contributed by atoms with Crippen LogP contribution < -0.4 is 5.32 Å². The highest BCUT2D eigenvalue weighted by Crippen LogP contribution is 2.44. The zero-order valence-electron chi connectivity index (χ0n) is 12.6. The van der Waals surface area contributed by atoms with E-state index in [4.69, 9.17) is 9.47 Å². The number of nitrogens with one attached hydrogen (secondary N) is 1. The van der Waals surface area contributed by atoms with Gasteiger partial charge in [0.05, 0.1) is 23.8 Å². The first-order chi connectivity index (χ1) is 10.9. The molecule has 1 aromatic carbocycles. The fraction of sp³-hybridized carbons (Fsp3) is 0.562. The van der Waals surface area contributed by atoms with E-state index in [0.29, 0.717) is 13.2 Å². The smallest absolute Gasteiger partial charge is 0.384 e. The summed E-state index contributed by atoms with van der Waals surface area (Å²) in [7, 11) is 1.56. The Morgan fingerprint density at radius 1 is 1.39 bits per heavy atom. The molecule has 4 nitrogen and oxygen atoms in total. The summed E-state index contributed by atoms with van der Waals surface area (Å²) in [6.45, 7) is 1.02. The second-order valence-corrected chi connectivity index (χ2v) is 5.95. The first kappa shape index (κ1) is 16.3. The molecule has 1 aromatic rings. The number of carbonyl (C=O) groups excluding carboxylic acids is 1. The van der Waals surface area contributed by atoms with Crippen LogP contribution in [0, 0.1) is 11.8 Å². The van der Waals surface area contributed by atoms with Gasteiger partial charge < -0.3 is 14.8 Å². The van der Waals surface area contributed by atoms with Gasteiger partial charge in [0.15, 0.2) is 0 Å². The number of fused-ring (bicyclic) bond motifs is 1. The van der Waals surface area contributed by atoms with Crippen molar-refractivity contribution >= 4 is 5.91 Å². The first-order valence-electron chi connectivity index (χ1n) is 7.51. The molecule has 1 heterocycles. The normalized spacial score (nSPS) is 29.7. The van der Waals surface area contributed by atoms with Gasteiger partial charge in [0.25, 0.3) is 5.91 Å². The molecule has 1 aliphatic carbocycles. The molecule has 1 aliphatic heterocycles. The van der Waals surface area contributed by atoms with Gasteiger partial charge in [0.1, 0.15) is 0 Å². The number of rotatable bonds is 4. The predicted octanol–water partition coefficient (Wildman–Crippen LogP) is 2.49. The lowest BCUT2D eigenvalue weighted by atomic mass is 9.67. The van der Waals surface area contributed by atoms with Crippen LogP contribution in [0.3, 0.4) is 0 Å². The Bertz CT molecular complexity index is 590. The Hall–Kier alpha value is -1.60. The van der Waals surface area contributed by atoms with Gasteiger partial charge >= 0.3 is 6.18 Å². The molecule has 1 N–H and O–H groups in total. The van der Waals surface area contributed by atoms with Crippen LogP contribution in [0.25, 0.3) is 0 Å². The number of ether oxygens (including phenoxy) is 2. The molecule has 4 atom stereocenters. The van der Waals surface area contributed by atoms with Crippen molar-refractivity contribution in [3.63, 3.8) is 0 Å². The third-order valence-corrected chi connectivity index (χ3v) is 4.66. The van der Waals surface area contributed by atoms with Crippen LogP contribution in [0.1, 0.15) is 22.3 Å². The van der Waals surface area contributed by atoms with E-state index in [0.717, 1.165) is 12.5 Å². The molecule has 0 aromatic heterocycles. The van der Waals surface area contributed by atoms with E-state index in [2.05, 4.69) is 5.32 Å². The molecule has 2 aliphatic rings. The second kappa shape index (κ2) is 6.13. The Labute approximate surface area is 132 Å². The number of methoxy groups -OCH3 is 1. The van der Waals surface area contributed by atoms with Crippen LogP contribution >= 0.6 is 0 Å². The molecule has 126 valence electrons. The quantitative estimate of drug-likeness (QED) is 0.923. The number of carbonyl (C=O) groups is 1. The van der Waals surface area contributed by atoms with E-state index in [1.165, 1.54) is 18.2 Å². The van der Waals surface area contributed by atoms with Crippen molar-refractivity contribution in [2.75, 3.05) is 20.3 Å². The van der Waals surface area contributed by atoms with Gasteiger partial charge in [-0.2, -0.15) is 13.2 Å². The molecule has 23 heavy (non-hydrogen) atoms. The maximum absolute atomic E-state index is 13.0. The van der Waals surface area contributed by atoms with Crippen molar-refractivity contribution in [1.29, 1.82) is 0 Å². The summed E-state index contributed by atoms with van der Waals surface area (Å²) in [6.07, 6.45) is -3.73. The molecule has 0 unspecified atom stereocenters. The van der Waals surface area contributed by atoms with Gasteiger partial charge in [-0.1, -0.05) is 12.1 Å². The fourth-order valence-electron chi connectivity index (χ4n) is 3.59. The number of hydrogen-bond acceptors (Lipinski definition) is 3. The molecular weight excluding hydrogens is 311 g/mol. The van der Waals surface area contributed by atoms with Gasteiger partial charge in [-0.05, 0) is 18.6 Å². The molecule has 1 saturated heterocycles. The van der Waals surface area contributed by atoms with E-state index in [9.17, 15) is 18.0 Å². The third kappa shape index (κ3) is 2.95. The number of benzene rings is 1. The summed E-state index contributed by atoms with van der Waals surface area (Å²) in [6, 6.07) is 4.61. The van der Waals surface area contributed by atoms with E-state index in [1.807, 2.05) is 0 Å². The number of alkyl halides is 3. The van der Waals surface area contributed by atoms with Crippen LogP contribution in [0.4, 0.5) is 13.2 Å². The molecule has 1 saturated carbocycles. The summed E-state index contributed by atoms with van der Waals surface area (Å²) in [4.78, 5) is 12.4. The van der Waals surface area contributed by atoms with Crippen LogP contribution in [-0.2, 0) is 15.7 Å². The zero-order valence-corrected chi connectivity index (χ0v) is 12.6. The van der Waals surface area contributed by atoms with Crippen molar-refractivity contribution < 1.29 is 27.4 Å². The summed E-state index contributed by atoms with van der Waals surface area (Å²) in [5, 5.41) is 2.75. The number of hydrogen-bond donors (Lipinski definition) is 1. The molecule has 0 spiro atoms. The van der Waals surface area contributed by atoms with Gasteiger partial charge in [-0.15, -0.1) is 0 Å². The molecule has 0 radical (unpaired) electrons. The highest BCUT2D eigenvalue weighted by Gasteiger charge is 2.54. The molecular formula is C16H18F3NO3. The minimum atomic E-state index is -4.56. The van der Waals surface area contributed by atoms with Crippen LogP contribution in [0.15, 0.2) is 24.3 Å². The van der Waals surface area contributed by atoms with Crippen molar-refractivity contribution in [2.45, 2.75) is 24.7 Å². The topological polar surface area (TPSA) is 47.6 Å². The van der Waals surface area contributed by atoms with Gasteiger partial charge in [0, 0.05) is 31.6 Å². The highest BCUT2D eigenvalue weighted by atomic mass is 19.4. The van der Waals surface area contributed by atoms with Gasteiger partial charge in [-0.25, -0.2) is 0 Å². The Morgan fingerprint density at radius 2 is 2.13 bits per heavy atom. The number of halogens is 3. The average molecular weight is 329 g/mol. The summed E-state index contributed by atoms with van der Waals surface area (Å²) >= 11 is 0. The lowest BCUT2D eigenvalue weighted by Gasteiger charge is -2.47. The third-order valence-electron chi connectivity index (χ3n) is 4.66. The summed E-state index contributed by atoms with van der Waals surface area (Å²) in [5.41, 5.74) is -1.27. The maximum Gasteiger partial charge on any atom is 0.417 e. The monoisotopic (exact) mass is 329 g/mol. The SMILES string of the molecule is COC[C@H]1[C@@H](NC(=O)c2ccccc2C(F)(F)F)[C@H]2CCO[C@H]21. The lowest BCUT2D eigenvalue weighted by Crippen LogP contribution is -2.62. The summed E-state index contributed by atoms with van der Waals surface area (Å²) < 4.78 is 49.8. The van der Waals surface area contributed by atoms with Crippen LogP contribution in [0.5, 0.6) is 0 Å². The fourth-order valence-corrected chi connectivity index (χ4v) is 3.59. The standard InChI is InChI=1S/C16H18F3NO3/c1-22-8-11-13(10-6-7-23-14(10)11)20-15(21)9-4-2-3-5-12(9)16(17,18)19/h2-5,10-11,13-14H,6-8H2,1H3,(H,20,21)/t10-,11+,13+,14-/m1/s1. The molecule has 0 bridgehead atoms. The Balaban J connectivity index is 1.77. The maximum atomic E-state index is 13.0. The van der Waals surface area contributed by atoms with Crippen LogP contribution in [0.2, 0.25) is 0 Å². The minimum Gasteiger partial charge on any atom is -0.384 e. The lowest BCUT2D eigenvalue weighted by molar-refractivity contribution is -0.138. The van der Waals surface area contributed by atoms with E-state index in [1.54, 1.807) is 7.11 Å². The molecule has 1 amide bonds. The second-order valence-electron chi connectivity index (χ2n) is 5.95. The van der Waals surface area contributed by atoms with E-state index < -0.39 is 17.6 Å². The van der Waals surface area contributed by atoms with E-state index in [-0.39, 0.29) is 29.5 Å².